The summed E-state index contributed by atoms with van der Waals surface area (Å²) in [6.45, 7) is 3.65. The summed E-state index contributed by atoms with van der Waals surface area (Å²) in [6, 6.07) is 15.3. The summed E-state index contributed by atoms with van der Waals surface area (Å²) in [5, 5.41) is 2.78. The van der Waals surface area contributed by atoms with E-state index in [1.807, 2.05) is 43.3 Å². The zero-order valence-corrected chi connectivity index (χ0v) is 17.8. The minimum atomic E-state index is -0.634. The van der Waals surface area contributed by atoms with E-state index in [4.69, 9.17) is 9.47 Å². The Morgan fingerprint density at radius 2 is 1.68 bits per heavy atom. The zero-order valence-electron chi connectivity index (χ0n) is 17.8. The summed E-state index contributed by atoms with van der Waals surface area (Å²) in [5.74, 6) is -0.338. The molecular formula is C23H27N3O5. The number of hydrogen-bond acceptors (Lipinski definition) is 5. The maximum Gasteiger partial charge on any atom is 0.312 e. The van der Waals surface area contributed by atoms with Gasteiger partial charge in [0.1, 0.15) is 13.2 Å². The van der Waals surface area contributed by atoms with Gasteiger partial charge in [-0.3, -0.25) is 14.4 Å². The first kappa shape index (κ1) is 22.1. The molecule has 31 heavy (non-hydrogen) atoms. The van der Waals surface area contributed by atoms with Gasteiger partial charge in [0, 0.05) is 26.2 Å². The van der Waals surface area contributed by atoms with Crippen LogP contribution in [0.15, 0.2) is 48.5 Å². The summed E-state index contributed by atoms with van der Waals surface area (Å²) in [5.41, 5.74) is 1.88. The monoisotopic (exact) mass is 425 g/mol. The normalized spacial score (nSPS) is 13.9. The number of carbonyl (C=O) groups is 3. The molecule has 1 N–H and O–H groups in total. The van der Waals surface area contributed by atoms with Crippen LogP contribution in [0.1, 0.15) is 18.1 Å². The minimum absolute atomic E-state index is 0.141. The Bertz CT molecular complexity index is 932. The highest BCUT2D eigenvalue weighted by Crippen LogP contribution is 2.28. The summed E-state index contributed by atoms with van der Waals surface area (Å²) < 4.78 is 11.3. The Labute approximate surface area is 181 Å². The standard InChI is InChI=1S/C23H27N3O5/c1-3-25-11-12-26(23(29)22(25)28)15-21(27)24-14-18-9-10-19(20(13-18)30-2)31-16-17-7-5-4-6-8-17/h4-10,13H,3,11-12,14-16H2,1-2H3,(H,24,27). The van der Waals surface area contributed by atoms with E-state index in [2.05, 4.69) is 5.32 Å². The minimum Gasteiger partial charge on any atom is -0.493 e. The smallest absolute Gasteiger partial charge is 0.312 e. The highest BCUT2D eigenvalue weighted by Gasteiger charge is 2.32. The summed E-state index contributed by atoms with van der Waals surface area (Å²) in [7, 11) is 1.56. The van der Waals surface area contributed by atoms with Gasteiger partial charge in [-0.25, -0.2) is 0 Å². The molecule has 164 valence electrons. The molecule has 2 aromatic carbocycles. The van der Waals surface area contributed by atoms with Crippen molar-refractivity contribution in [2.75, 3.05) is 33.3 Å². The van der Waals surface area contributed by atoms with Gasteiger partial charge in [0.2, 0.25) is 5.91 Å². The van der Waals surface area contributed by atoms with Gasteiger partial charge in [-0.05, 0) is 30.2 Å². The van der Waals surface area contributed by atoms with Crippen LogP contribution in [0, 0.1) is 0 Å². The van der Waals surface area contributed by atoms with Gasteiger partial charge in [0.15, 0.2) is 11.5 Å². The highest BCUT2D eigenvalue weighted by molar-refractivity contribution is 6.35. The molecule has 0 aliphatic carbocycles. The van der Waals surface area contributed by atoms with Gasteiger partial charge < -0.3 is 24.6 Å². The van der Waals surface area contributed by atoms with Crippen LogP contribution in [0.3, 0.4) is 0 Å². The number of rotatable bonds is 9. The van der Waals surface area contributed by atoms with Crippen LogP contribution in [0.4, 0.5) is 0 Å². The average Bonchev–Trinajstić information content (AvgIpc) is 2.80. The number of methoxy groups -OCH3 is 1. The molecule has 1 aliphatic rings. The van der Waals surface area contributed by atoms with Crippen molar-refractivity contribution in [1.82, 2.24) is 15.1 Å². The number of benzene rings is 2. The second kappa shape index (κ2) is 10.5. The van der Waals surface area contributed by atoms with Crippen LogP contribution in [0.5, 0.6) is 11.5 Å². The predicted octanol–water partition coefficient (Wildman–Crippen LogP) is 1.58. The van der Waals surface area contributed by atoms with Gasteiger partial charge in [0.05, 0.1) is 7.11 Å². The van der Waals surface area contributed by atoms with Crippen LogP contribution >= 0.6 is 0 Å². The fraction of sp³-hybridized carbons (Fsp3) is 0.348. The van der Waals surface area contributed by atoms with E-state index in [-0.39, 0.29) is 19.0 Å². The molecule has 0 bridgehead atoms. The van der Waals surface area contributed by atoms with Crippen molar-refractivity contribution in [3.8, 4) is 11.5 Å². The molecule has 2 aromatic rings. The highest BCUT2D eigenvalue weighted by atomic mass is 16.5. The van der Waals surface area contributed by atoms with Gasteiger partial charge in [-0.2, -0.15) is 0 Å². The van der Waals surface area contributed by atoms with Crippen LogP contribution < -0.4 is 14.8 Å². The summed E-state index contributed by atoms with van der Waals surface area (Å²) in [6.07, 6.45) is 0. The van der Waals surface area contributed by atoms with E-state index in [0.717, 1.165) is 11.1 Å². The lowest BCUT2D eigenvalue weighted by atomic mass is 10.2. The van der Waals surface area contributed by atoms with Crippen molar-refractivity contribution in [3.63, 3.8) is 0 Å². The van der Waals surface area contributed by atoms with E-state index in [1.54, 1.807) is 19.2 Å². The number of carbonyl (C=O) groups excluding carboxylic acids is 3. The molecule has 3 amide bonds. The second-order valence-corrected chi connectivity index (χ2v) is 7.15. The molecule has 0 aromatic heterocycles. The molecule has 0 radical (unpaired) electrons. The average molecular weight is 425 g/mol. The van der Waals surface area contributed by atoms with Crippen LogP contribution in [-0.4, -0.2) is 60.8 Å². The van der Waals surface area contributed by atoms with Crippen LogP contribution in [-0.2, 0) is 27.5 Å². The van der Waals surface area contributed by atoms with Crippen LogP contribution in [0.2, 0.25) is 0 Å². The van der Waals surface area contributed by atoms with Gasteiger partial charge >= 0.3 is 11.8 Å². The molecule has 8 heteroatoms. The Hall–Kier alpha value is -3.55. The topological polar surface area (TPSA) is 88.2 Å². The molecule has 1 fully saturated rings. The second-order valence-electron chi connectivity index (χ2n) is 7.15. The number of piperazine rings is 1. The third-order valence-corrected chi connectivity index (χ3v) is 5.07. The fourth-order valence-corrected chi connectivity index (χ4v) is 3.27. The molecule has 0 spiro atoms. The quantitative estimate of drug-likeness (QED) is 0.617. The lowest BCUT2D eigenvalue weighted by molar-refractivity contribution is -0.156. The van der Waals surface area contributed by atoms with Gasteiger partial charge in [0.25, 0.3) is 0 Å². The van der Waals surface area contributed by atoms with E-state index in [1.165, 1.54) is 9.80 Å². The Morgan fingerprint density at radius 3 is 2.39 bits per heavy atom. The number of nitrogens with one attached hydrogen (secondary N) is 1. The summed E-state index contributed by atoms with van der Waals surface area (Å²) >= 11 is 0. The molecular weight excluding hydrogens is 398 g/mol. The van der Waals surface area contributed by atoms with Gasteiger partial charge in [-0.1, -0.05) is 36.4 Å². The molecule has 0 saturated carbocycles. The van der Waals surface area contributed by atoms with E-state index >= 15 is 0 Å². The number of nitrogens with zero attached hydrogens (tertiary/aromatic N) is 2. The first-order chi connectivity index (χ1) is 15.0. The number of amides is 3. The Balaban J connectivity index is 1.52. The number of hydrogen-bond donors (Lipinski definition) is 1. The summed E-state index contributed by atoms with van der Waals surface area (Å²) in [4.78, 5) is 39.1. The molecule has 1 aliphatic heterocycles. The van der Waals surface area contributed by atoms with E-state index < -0.39 is 11.8 Å². The maximum absolute atomic E-state index is 12.3. The molecule has 0 unspecified atom stereocenters. The van der Waals surface area contributed by atoms with Crippen molar-refractivity contribution in [2.24, 2.45) is 0 Å². The Morgan fingerprint density at radius 1 is 0.968 bits per heavy atom. The zero-order chi connectivity index (χ0) is 22.2. The fourth-order valence-electron chi connectivity index (χ4n) is 3.27. The van der Waals surface area contributed by atoms with E-state index in [9.17, 15) is 14.4 Å². The van der Waals surface area contributed by atoms with Crippen molar-refractivity contribution in [2.45, 2.75) is 20.1 Å². The molecule has 1 heterocycles. The molecule has 3 rings (SSSR count). The van der Waals surface area contributed by atoms with Crippen molar-refractivity contribution >= 4 is 17.7 Å². The maximum atomic E-state index is 12.3. The lowest BCUT2D eigenvalue weighted by Crippen LogP contribution is -2.56. The Kier molecular flexibility index (Phi) is 7.48. The van der Waals surface area contributed by atoms with Crippen molar-refractivity contribution < 1.29 is 23.9 Å². The SMILES string of the molecule is CCN1CCN(CC(=O)NCc2ccc(OCc3ccccc3)c(OC)c2)C(=O)C1=O. The largest absolute Gasteiger partial charge is 0.493 e. The number of ether oxygens (including phenoxy) is 2. The first-order valence-corrected chi connectivity index (χ1v) is 10.2. The predicted molar refractivity (Wildman–Crippen MR) is 114 cm³/mol. The molecule has 1 saturated heterocycles. The first-order valence-electron chi connectivity index (χ1n) is 10.2. The molecule has 0 atom stereocenters. The third-order valence-electron chi connectivity index (χ3n) is 5.07. The van der Waals surface area contributed by atoms with Crippen LogP contribution in [0.25, 0.3) is 0 Å². The van der Waals surface area contributed by atoms with Crippen molar-refractivity contribution in [1.29, 1.82) is 0 Å². The van der Waals surface area contributed by atoms with Gasteiger partial charge in [-0.15, -0.1) is 0 Å². The lowest BCUT2D eigenvalue weighted by Gasteiger charge is -2.32. The number of likely N-dealkylation sites (N-methyl/N-ethyl adjacent to an activating group) is 1. The van der Waals surface area contributed by atoms with E-state index in [0.29, 0.717) is 37.7 Å². The molecule has 8 nitrogen and oxygen atoms in total. The van der Waals surface area contributed by atoms with Crippen molar-refractivity contribution in [3.05, 3.63) is 59.7 Å². The third kappa shape index (κ3) is 5.75.